The number of aryl methyl sites for hydroxylation is 1. The summed E-state index contributed by atoms with van der Waals surface area (Å²) in [7, 11) is 3.61. The second-order valence-corrected chi connectivity index (χ2v) is 6.73. The minimum absolute atomic E-state index is 0.403. The molecule has 0 spiro atoms. The van der Waals surface area contributed by atoms with Crippen LogP contribution in [0.3, 0.4) is 0 Å². The Morgan fingerprint density at radius 1 is 0.968 bits per heavy atom. The molecule has 7 heteroatoms. The Balaban J connectivity index is 0.000000290. The van der Waals surface area contributed by atoms with Gasteiger partial charge in [-0.15, -0.1) is 0 Å². The summed E-state index contributed by atoms with van der Waals surface area (Å²) >= 11 is 5.67. The third kappa shape index (κ3) is 10.5. The van der Waals surface area contributed by atoms with Crippen molar-refractivity contribution < 1.29 is 14.3 Å². The molecule has 0 atom stereocenters. The number of carbonyl (C=O) groups excluding carboxylic acids is 1. The minimum atomic E-state index is 0.403. The lowest BCUT2D eigenvalue weighted by Gasteiger charge is -2.13. The lowest BCUT2D eigenvalue weighted by Crippen LogP contribution is -2.18. The van der Waals surface area contributed by atoms with Crippen molar-refractivity contribution in [2.75, 3.05) is 19.5 Å². The van der Waals surface area contributed by atoms with Gasteiger partial charge >= 0.3 is 0 Å². The van der Waals surface area contributed by atoms with Crippen LogP contribution in [0.4, 0.5) is 5.69 Å². The molecule has 3 aromatic carbocycles. The highest BCUT2D eigenvalue weighted by atomic mass is 35.5. The highest BCUT2D eigenvalue weighted by Gasteiger charge is 2.04. The maximum atomic E-state index is 8.94. The number of methoxy groups -OCH3 is 1. The van der Waals surface area contributed by atoms with E-state index in [4.69, 9.17) is 25.9 Å². The summed E-state index contributed by atoms with van der Waals surface area (Å²) in [6, 6.07) is 23.7. The Kier molecular flexibility index (Phi) is 13.2. The average molecular weight is 444 g/mol. The summed E-state index contributed by atoms with van der Waals surface area (Å²) in [5, 5.41) is 3.96. The molecule has 0 aliphatic rings. The monoisotopic (exact) mass is 443 g/mol. The van der Waals surface area contributed by atoms with E-state index in [-0.39, 0.29) is 0 Å². The van der Waals surface area contributed by atoms with Crippen LogP contribution in [0.25, 0.3) is 0 Å². The van der Waals surface area contributed by atoms with Crippen LogP contribution in [-0.4, -0.2) is 20.6 Å². The van der Waals surface area contributed by atoms with E-state index in [9.17, 15) is 0 Å². The summed E-state index contributed by atoms with van der Waals surface area (Å²) < 4.78 is 10.7. The number of nitrogens with one attached hydrogen (secondary N) is 2. The molecular weight excluding hydrogens is 414 g/mol. The van der Waals surface area contributed by atoms with Gasteiger partial charge in [-0.1, -0.05) is 54.1 Å². The minimum Gasteiger partial charge on any atom is -0.489 e. The lowest BCUT2D eigenvalue weighted by molar-refractivity contribution is -0.109. The first-order valence-corrected chi connectivity index (χ1v) is 10.0. The van der Waals surface area contributed by atoms with Gasteiger partial charge in [-0.05, 0) is 48.4 Å². The van der Waals surface area contributed by atoms with E-state index >= 15 is 0 Å². The van der Waals surface area contributed by atoms with Gasteiger partial charge in [0.1, 0.15) is 12.4 Å². The van der Waals surface area contributed by atoms with Gasteiger partial charge < -0.3 is 14.8 Å². The SMILES string of the molecule is CNc1cccc(C)c1COc1ccccc1.COCc1ccc(Cl)cc1.NNC=O. The number of hydrazine groups is 1. The first kappa shape index (κ1) is 26.0. The molecule has 31 heavy (non-hydrogen) atoms. The van der Waals surface area contributed by atoms with E-state index in [0.717, 1.165) is 22.0 Å². The second kappa shape index (κ2) is 15.7. The van der Waals surface area contributed by atoms with Crippen LogP contribution in [-0.2, 0) is 22.7 Å². The van der Waals surface area contributed by atoms with Gasteiger partial charge in [0.25, 0.3) is 0 Å². The zero-order chi connectivity index (χ0) is 22.9. The number of hydrogen-bond donors (Lipinski definition) is 3. The zero-order valence-corrected chi connectivity index (χ0v) is 18.9. The number of rotatable bonds is 7. The number of hydrogen-bond acceptors (Lipinski definition) is 5. The van der Waals surface area contributed by atoms with Crippen molar-refractivity contribution in [3.05, 3.63) is 94.5 Å². The molecule has 0 aliphatic heterocycles. The second-order valence-electron chi connectivity index (χ2n) is 6.30. The Morgan fingerprint density at radius 2 is 1.61 bits per heavy atom. The van der Waals surface area contributed by atoms with Gasteiger partial charge in [-0.3, -0.25) is 10.2 Å². The maximum absolute atomic E-state index is 8.94. The van der Waals surface area contributed by atoms with E-state index in [0.29, 0.717) is 19.6 Å². The molecule has 0 saturated carbocycles. The largest absolute Gasteiger partial charge is 0.489 e. The van der Waals surface area contributed by atoms with Crippen LogP contribution in [0.5, 0.6) is 5.75 Å². The van der Waals surface area contributed by atoms with Crippen LogP contribution in [0.2, 0.25) is 5.02 Å². The van der Waals surface area contributed by atoms with Gasteiger partial charge in [0.05, 0.1) is 6.61 Å². The molecule has 0 aromatic heterocycles. The van der Waals surface area contributed by atoms with Crippen LogP contribution in [0, 0.1) is 6.92 Å². The number of benzene rings is 3. The fourth-order valence-electron chi connectivity index (χ4n) is 2.55. The Morgan fingerprint density at radius 3 is 2.16 bits per heavy atom. The molecule has 3 rings (SSSR count). The highest BCUT2D eigenvalue weighted by Crippen LogP contribution is 2.21. The molecular formula is C24H30ClN3O3. The molecule has 0 fully saturated rings. The molecule has 6 nitrogen and oxygen atoms in total. The number of para-hydroxylation sites is 1. The lowest BCUT2D eigenvalue weighted by atomic mass is 10.1. The number of ether oxygens (including phenoxy) is 2. The number of carbonyl (C=O) groups is 1. The van der Waals surface area contributed by atoms with Gasteiger partial charge in [0, 0.05) is 30.4 Å². The summed E-state index contributed by atoms with van der Waals surface area (Å²) in [5.41, 5.74) is 6.47. The van der Waals surface area contributed by atoms with Crippen LogP contribution < -0.4 is 21.3 Å². The topological polar surface area (TPSA) is 85.6 Å². The van der Waals surface area contributed by atoms with Gasteiger partial charge in [0.2, 0.25) is 6.41 Å². The molecule has 166 valence electrons. The zero-order valence-electron chi connectivity index (χ0n) is 18.1. The van der Waals surface area contributed by atoms with Crippen molar-refractivity contribution in [3.63, 3.8) is 0 Å². The number of halogens is 1. The Hall–Kier alpha value is -3.06. The number of anilines is 1. The molecule has 0 bridgehead atoms. The van der Waals surface area contributed by atoms with Gasteiger partial charge in [0.15, 0.2) is 0 Å². The van der Waals surface area contributed by atoms with Crippen molar-refractivity contribution in [1.29, 1.82) is 0 Å². The summed E-state index contributed by atoms with van der Waals surface area (Å²) in [6.45, 7) is 3.34. The van der Waals surface area contributed by atoms with Crippen molar-refractivity contribution in [1.82, 2.24) is 5.43 Å². The van der Waals surface area contributed by atoms with Gasteiger partial charge in [-0.25, -0.2) is 5.84 Å². The van der Waals surface area contributed by atoms with E-state index in [2.05, 4.69) is 30.2 Å². The van der Waals surface area contributed by atoms with Crippen molar-refractivity contribution in [2.45, 2.75) is 20.1 Å². The third-order valence-electron chi connectivity index (χ3n) is 4.10. The standard InChI is InChI=1S/C15H17NO.C8H9ClO.CH4N2O/c1-12-7-6-10-15(16-2)14(12)11-17-13-8-4-3-5-9-13;1-10-6-7-2-4-8(9)5-3-7;2-3-1-4/h3-10,16H,11H2,1-2H3;2-5H,6H2,1H3;1H,2H2,(H,3,4). The molecule has 0 heterocycles. The quantitative estimate of drug-likeness (QED) is 0.213. The molecule has 0 unspecified atom stereocenters. The van der Waals surface area contributed by atoms with Crippen LogP contribution in [0.1, 0.15) is 16.7 Å². The summed E-state index contributed by atoms with van der Waals surface area (Å²) in [5.74, 6) is 5.31. The normalized spacial score (nSPS) is 9.32. The van der Waals surface area contributed by atoms with Crippen LogP contribution >= 0.6 is 11.6 Å². The molecule has 0 saturated heterocycles. The third-order valence-corrected chi connectivity index (χ3v) is 4.35. The van der Waals surface area contributed by atoms with Crippen molar-refractivity contribution in [3.8, 4) is 5.75 Å². The average Bonchev–Trinajstić information content (AvgIpc) is 2.81. The molecule has 4 N–H and O–H groups in total. The van der Waals surface area contributed by atoms with E-state index in [1.165, 1.54) is 11.1 Å². The summed E-state index contributed by atoms with van der Waals surface area (Å²) in [6.07, 6.45) is 0.403. The summed E-state index contributed by atoms with van der Waals surface area (Å²) in [4.78, 5) is 8.94. The van der Waals surface area contributed by atoms with Crippen molar-refractivity contribution in [2.24, 2.45) is 5.84 Å². The van der Waals surface area contributed by atoms with E-state index in [1.807, 2.05) is 67.7 Å². The van der Waals surface area contributed by atoms with Gasteiger partial charge in [-0.2, -0.15) is 0 Å². The predicted octanol–water partition coefficient (Wildman–Crippen LogP) is 4.71. The smallest absolute Gasteiger partial charge is 0.221 e. The van der Waals surface area contributed by atoms with E-state index < -0.39 is 0 Å². The Bertz CT molecular complexity index is 875. The Labute approximate surface area is 189 Å². The first-order valence-electron chi connectivity index (χ1n) is 9.62. The van der Waals surface area contributed by atoms with E-state index in [1.54, 1.807) is 12.5 Å². The van der Waals surface area contributed by atoms with Crippen LogP contribution in [0.15, 0.2) is 72.8 Å². The molecule has 1 amide bonds. The maximum Gasteiger partial charge on any atom is 0.221 e. The van der Waals surface area contributed by atoms with Crippen molar-refractivity contribution >= 4 is 23.7 Å². The predicted molar refractivity (Wildman–Crippen MR) is 127 cm³/mol. The molecule has 3 aromatic rings. The number of nitrogens with two attached hydrogens (primary N) is 1. The first-order chi connectivity index (χ1) is 15.0. The highest BCUT2D eigenvalue weighted by molar-refractivity contribution is 6.30. The molecule has 0 aliphatic carbocycles. The fraction of sp³-hybridized carbons (Fsp3) is 0.208. The number of amides is 1. The molecule has 0 radical (unpaired) electrons. The fourth-order valence-corrected chi connectivity index (χ4v) is 2.67.